The Bertz CT molecular complexity index is 430. The largest absolute Gasteiger partial charge is 0.507 e. The molecule has 0 aromatic heterocycles. The van der Waals surface area contributed by atoms with Gasteiger partial charge in [-0.3, -0.25) is 0 Å². The van der Waals surface area contributed by atoms with E-state index in [-0.39, 0.29) is 0 Å². The van der Waals surface area contributed by atoms with Crippen LogP contribution in [0.5, 0.6) is 5.75 Å². The van der Waals surface area contributed by atoms with E-state index in [1.165, 1.54) is 44.7 Å². The lowest BCUT2D eigenvalue weighted by Crippen LogP contribution is -2.45. The quantitative estimate of drug-likeness (QED) is 0.783. The summed E-state index contributed by atoms with van der Waals surface area (Å²) in [5.41, 5.74) is 3.18. The van der Waals surface area contributed by atoms with E-state index < -0.39 is 0 Å². The molecule has 1 heterocycles. The van der Waals surface area contributed by atoms with Crippen molar-refractivity contribution in [2.45, 2.75) is 26.8 Å². The van der Waals surface area contributed by atoms with Gasteiger partial charge in [0.05, 0.1) is 0 Å². The Morgan fingerprint density at radius 2 is 1.71 bits per heavy atom. The second-order valence-electron chi connectivity index (χ2n) is 6.25. The molecule has 0 amide bonds. The molecule has 4 heteroatoms. The van der Waals surface area contributed by atoms with Gasteiger partial charge in [0, 0.05) is 32.7 Å². The number of piperazine rings is 1. The summed E-state index contributed by atoms with van der Waals surface area (Å²) in [7, 11) is 2.19. The van der Waals surface area contributed by atoms with Crippen molar-refractivity contribution in [3.63, 3.8) is 0 Å². The van der Waals surface area contributed by atoms with Gasteiger partial charge in [0.25, 0.3) is 0 Å². The molecule has 0 saturated carbocycles. The molecule has 1 aliphatic rings. The van der Waals surface area contributed by atoms with Crippen molar-refractivity contribution in [1.82, 2.24) is 15.1 Å². The minimum absolute atomic E-state index is 0.425. The standard InChI is InChI=1S/C17H29N3O/c1-14-11-16(12-15(2)17(14)21)13-18-5-4-6-20-9-7-19(3)8-10-20/h11-12,18,21H,4-10,13H2,1-3H3. The van der Waals surface area contributed by atoms with E-state index >= 15 is 0 Å². The van der Waals surface area contributed by atoms with E-state index in [2.05, 4.69) is 34.3 Å². The van der Waals surface area contributed by atoms with Crippen molar-refractivity contribution in [2.24, 2.45) is 0 Å². The van der Waals surface area contributed by atoms with Crippen molar-refractivity contribution >= 4 is 0 Å². The van der Waals surface area contributed by atoms with Crippen molar-refractivity contribution < 1.29 is 5.11 Å². The van der Waals surface area contributed by atoms with Gasteiger partial charge >= 0.3 is 0 Å². The first-order valence-electron chi connectivity index (χ1n) is 7.97. The number of benzene rings is 1. The Labute approximate surface area is 128 Å². The van der Waals surface area contributed by atoms with Gasteiger partial charge in [0.2, 0.25) is 0 Å². The van der Waals surface area contributed by atoms with Crippen molar-refractivity contribution in [3.05, 3.63) is 28.8 Å². The Morgan fingerprint density at radius 1 is 1.10 bits per heavy atom. The van der Waals surface area contributed by atoms with Gasteiger partial charge < -0.3 is 20.2 Å². The zero-order chi connectivity index (χ0) is 15.2. The number of rotatable bonds is 6. The lowest BCUT2D eigenvalue weighted by atomic mass is 10.1. The molecule has 0 spiro atoms. The number of nitrogens with zero attached hydrogens (tertiary/aromatic N) is 2. The number of aromatic hydroxyl groups is 1. The van der Waals surface area contributed by atoms with E-state index in [9.17, 15) is 5.11 Å². The van der Waals surface area contributed by atoms with E-state index in [4.69, 9.17) is 0 Å². The molecule has 21 heavy (non-hydrogen) atoms. The van der Waals surface area contributed by atoms with E-state index in [1.54, 1.807) is 0 Å². The van der Waals surface area contributed by atoms with Gasteiger partial charge in [-0.1, -0.05) is 12.1 Å². The fraction of sp³-hybridized carbons (Fsp3) is 0.647. The number of likely N-dealkylation sites (N-methyl/N-ethyl adjacent to an activating group) is 1. The van der Waals surface area contributed by atoms with Crippen LogP contribution in [0.1, 0.15) is 23.1 Å². The van der Waals surface area contributed by atoms with Crippen LogP contribution in [-0.2, 0) is 6.54 Å². The lowest BCUT2D eigenvalue weighted by Gasteiger charge is -2.32. The zero-order valence-electron chi connectivity index (χ0n) is 13.7. The van der Waals surface area contributed by atoms with Crippen LogP contribution >= 0.6 is 0 Å². The maximum absolute atomic E-state index is 9.77. The average molecular weight is 291 g/mol. The average Bonchev–Trinajstić information content (AvgIpc) is 2.46. The molecule has 1 saturated heterocycles. The smallest absolute Gasteiger partial charge is 0.121 e. The highest BCUT2D eigenvalue weighted by Gasteiger charge is 2.12. The summed E-state index contributed by atoms with van der Waals surface area (Å²) in [5, 5.41) is 13.3. The molecule has 4 nitrogen and oxygen atoms in total. The SMILES string of the molecule is Cc1cc(CNCCCN2CCN(C)CC2)cc(C)c1O. The minimum atomic E-state index is 0.425. The Morgan fingerprint density at radius 3 is 2.33 bits per heavy atom. The van der Waals surface area contributed by atoms with Gasteiger partial charge in [0.15, 0.2) is 0 Å². The molecule has 0 atom stereocenters. The summed E-state index contributed by atoms with van der Waals surface area (Å²) in [4.78, 5) is 4.95. The topological polar surface area (TPSA) is 38.7 Å². The second kappa shape index (κ2) is 7.78. The predicted octanol–water partition coefficient (Wildman–Crippen LogP) is 1.74. The molecule has 0 aliphatic carbocycles. The second-order valence-corrected chi connectivity index (χ2v) is 6.25. The van der Waals surface area contributed by atoms with E-state index in [0.29, 0.717) is 5.75 Å². The van der Waals surface area contributed by atoms with E-state index in [0.717, 1.165) is 24.2 Å². The molecule has 0 bridgehead atoms. The molecule has 2 N–H and O–H groups in total. The van der Waals surface area contributed by atoms with Crippen molar-refractivity contribution in [1.29, 1.82) is 0 Å². The highest BCUT2D eigenvalue weighted by Crippen LogP contribution is 2.22. The van der Waals surface area contributed by atoms with Crippen LogP contribution in [0.3, 0.4) is 0 Å². The molecule has 1 aromatic carbocycles. The van der Waals surface area contributed by atoms with Gasteiger partial charge in [-0.25, -0.2) is 0 Å². The Balaban J connectivity index is 1.64. The van der Waals surface area contributed by atoms with Gasteiger partial charge in [-0.15, -0.1) is 0 Å². The predicted molar refractivity (Wildman–Crippen MR) is 87.8 cm³/mol. The van der Waals surface area contributed by atoms with Crippen LogP contribution in [0.4, 0.5) is 0 Å². The third-order valence-electron chi connectivity index (χ3n) is 4.30. The van der Waals surface area contributed by atoms with Crippen LogP contribution in [0, 0.1) is 13.8 Å². The Kier molecular flexibility index (Phi) is 6.03. The van der Waals surface area contributed by atoms with Crippen LogP contribution in [0.15, 0.2) is 12.1 Å². The van der Waals surface area contributed by atoms with Gasteiger partial charge in [-0.2, -0.15) is 0 Å². The normalized spacial score (nSPS) is 17.3. The first-order chi connectivity index (χ1) is 10.1. The third kappa shape index (κ3) is 4.99. The van der Waals surface area contributed by atoms with Gasteiger partial charge in [0.1, 0.15) is 5.75 Å². The summed E-state index contributed by atoms with van der Waals surface area (Å²) in [5.74, 6) is 0.425. The summed E-state index contributed by atoms with van der Waals surface area (Å²) in [6.45, 7) is 11.8. The summed E-state index contributed by atoms with van der Waals surface area (Å²) < 4.78 is 0. The zero-order valence-corrected chi connectivity index (χ0v) is 13.7. The number of phenolic OH excluding ortho intramolecular Hbond substituents is 1. The van der Waals surface area contributed by atoms with Crippen molar-refractivity contribution in [2.75, 3.05) is 46.3 Å². The summed E-state index contributed by atoms with van der Waals surface area (Å²) in [6.07, 6.45) is 1.19. The molecule has 1 fully saturated rings. The number of hydrogen-bond donors (Lipinski definition) is 2. The van der Waals surface area contributed by atoms with Crippen LogP contribution < -0.4 is 5.32 Å². The molecule has 1 aliphatic heterocycles. The fourth-order valence-electron chi connectivity index (χ4n) is 2.88. The van der Waals surface area contributed by atoms with Crippen LogP contribution in [0.2, 0.25) is 0 Å². The number of aryl methyl sites for hydroxylation is 2. The molecule has 0 unspecified atom stereocenters. The van der Waals surface area contributed by atoms with E-state index in [1.807, 2.05) is 13.8 Å². The first-order valence-corrected chi connectivity index (χ1v) is 7.97. The summed E-state index contributed by atoms with van der Waals surface area (Å²) >= 11 is 0. The Hall–Kier alpha value is -1.10. The fourth-order valence-corrected chi connectivity index (χ4v) is 2.88. The highest BCUT2D eigenvalue weighted by atomic mass is 16.3. The first kappa shape index (κ1) is 16.3. The summed E-state index contributed by atoms with van der Waals surface area (Å²) in [6, 6.07) is 4.13. The lowest BCUT2D eigenvalue weighted by molar-refractivity contribution is 0.153. The minimum Gasteiger partial charge on any atom is -0.507 e. The van der Waals surface area contributed by atoms with Crippen LogP contribution in [-0.4, -0.2) is 61.2 Å². The number of nitrogens with one attached hydrogen (secondary N) is 1. The maximum Gasteiger partial charge on any atom is 0.121 e. The maximum atomic E-state index is 9.77. The van der Waals surface area contributed by atoms with Crippen molar-refractivity contribution in [3.8, 4) is 5.75 Å². The third-order valence-corrected chi connectivity index (χ3v) is 4.30. The molecular weight excluding hydrogens is 262 g/mol. The molecule has 2 rings (SSSR count). The van der Waals surface area contributed by atoms with Crippen LogP contribution in [0.25, 0.3) is 0 Å². The molecule has 0 radical (unpaired) electrons. The molecule has 1 aromatic rings. The number of phenols is 1. The number of hydrogen-bond acceptors (Lipinski definition) is 4. The monoisotopic (exact) mass is 291 g/mol. The molecular formula is C17H29N3O. The molecule has 118 valence electrons. The highest BCUT2D eigenvalue weighted by molar-refractivity contribution is 5.42. The van der Waals surface area contributed by atoms with Gasteiger partial charge in [-0.05, 0) is 57.1 Å².